The summed E-state index contributed by atoms with van der Waals surface area (Å²) in [5, 5.41) is 2.52. The van der Waals surface area contributed by atoms with Crippen molar-refractivity contribution in [1.29, 1.82) is 0 Å². The summed E-state index contributed by atoms with van der Waals surface area (Å²) in [6, 6.07) is 23.4. The van der Waals surface area contributed by atoms with Gasteiger partial charge < -0.3 is 5.73 Å². The van der Waals surface area contributed by atoms with Crippen molar-refractivity contribution >= 4 is 10.8 Å². The van der Waals surface area contributed by atoms with Crippen molar-refractivity contribution in [1.82, 2.24) is 0 Å². The Morgan fingerprint density at radius 3 is 2.35 bits per heavy atom. The molecular weight excluding hydrogens is 242 g/mol. The molecule has 0 saturated heterocycles. The van der Waals surface area contributed by atoms with Crippen LogP contribution in [0.4, 0.5) is 0 Å². The van der Waals surface area contributed by atoms with Crippen LogP contribution in [0.3, 0.4) is 0 Å². The predicted molar refractivity (Wildman–Crippen MR) is 85.8 cm³/mol. The smallest absolute Gasteiger partial charge is 0.0336 e. The minimum atomic E-state index is 0.0423. The van der Waals surface area contributed by atoms with Crippen molar-refractivity contribution in [2.45, 2.75) is 19.4 Å². The molecule has 3 aromatic rings. The lowest BCUT2D eigenvalue weighted by molar-refractivity contribution is 0.720. The normalized spacial score (nSPS) is 12.5. The van der Waals surface area contributed by atoms with E-state index in [2.05, 4.69) is 73.7 Å². The monoisotopic (exact) mass is 261 g/mol. The third-order valence-electron chi connectivity index (χ3n) is 3.90. The highest BCUT2D eigenvalue weighted by atomic mass is 14.6. The van der Waals surface area contributed by atoms with Crippen LogP contribution in [-0.4, -0.2) is 0 Å². The average Bonchev–Trinajstić information content (AvgIpc) is 2.49. The van der Waals surface area contributed by atoms with E-state index in [1.165, 1.54) is 27.5 Å². The zero-order chi connectivity index (χ0) is 13.9. The van der Waals surface area contributed by atoms with Crippen molar-refractivity contribution in [2.75, 3.05) is 0 Å². The molecule has 0 bridgehead atoms. The zero-order valence-corrected chi connectivity index (χ0v) is 11.7. The van der Waals surface area contributed by atoms with Gasteiger partial charge in [-0.05, 0) is 46.9 Å². The maximum Gasteiger partial charge on any atom is 0.0336 e. The zero-order valence-electron chi connectivity index (χ0n) is 11.7. The molecule has 0 aliphatic rings. The Bertz CT molecular complexity index is 730. The van der Waals surface area contributed by atoms with Crippen LogP contribution in [0.2, 0.25) is 0 Å². The minimum Gasteiger partial charge on any atom is -0.324 e. The molecule has 0 aliphatic heterocycles. The third-order valence-corrected chi connectivity index (χ3v) is 3.90. The van der Waals surface area contributed by atoms with Gasteiger partial charge in [0.15, 0.2) is 0 Å². The van der Waals surface area contributed by atoms with Crippen molar-refractivity contribution < 1.29 is 0 Å². The first kappa shape index (κ1) is 12.9. The molecule has 20 heavy (non-hydrogen) atoms. The Morgan fingerprint density at radius 2 is 1.55 bits per heavy atom. The largest absolute Gasteiger partial charge is 0.324 e. The molecule has 2 N–H and O–H groups in total. The summed E-state index contributed by atoms with van der Waals surface area (Å²) in [5.41, 5.74) is 10.2. The van der Waals surface area contributed by atoms with E-state index in [4.69, 9.17) is 5.73 Å². The van der Waals surface area contributed by atoms with Gasteiger partial charge in [-0.1, -0.05) is 60.7 Å². The Balaban J connectivity index is 1.89. The van der Waals surface area contributed by atoms with E-state index < -0.39 is 0 Å². The summed E-state index contributed by atoms with van der Waals surface area (Å²) < 4.78 is 0. The lowest BCUT2D eigenvalue weighted by Crippen LogP contribution is -2.13. The van der Waals surface area contributed by atoms with E-state index in [0.717, 1.165) is 6.42 Å². The molecule has 0 fully saturated rings. The van der Waals surface area contributed by atoms with E-state index in [1.54, 1.807) is 0 Å². The molecule has 0 saturated carbocycles. The SMILES string of the molecule is Cc1ccccc1CC(N)c1ccc2ccccc2c1. The first-order valence-electron chi connectivity index (χ1n) is 7.03. The van der Waals surface area contributed by atoms with Crippen LogP contribution in [-0.2, 0) is 6.42 Å². The van der Waals surface area contributed by atoms with Gasteiger partial charge in [-0.15, -0.1) is 0 Å². The lowest BCUT2D eigenvalue weighted by Gasteiger charge is -2.14. The van der Waals surface area contributed by atoms with Crippen LogP contribution in [0.5, 0.6) is 0 Å². The summed E-state index contributed by atoms with van der Waals surface area (Å²) in [4.78, 5) is 0. The number of fused-ring (bicyclic) bond motifs is 1. The van der Waals surface area contributed by atoms with Gasteiger partial charge in [-0.2, -0.15) is 0 Å². The fourth-order valence-electron chi connectivity index (χ4n) is 2.63. The maximum absolute atomic E-state index is 6.39. The quantitative estimate of drug-likeness (QED) is 0.743. The van der Waals surface area contributed by atoms with Crippen LogP contribution >= 0.6 is 0 Å². The van der Waals surface area contributed by atoms with Crippen molar-refractivity contribution in [3.8, 4) is 0 Å². The van der Waals surface area contributed by atoms with E-state index >= 15 is 0 Å². The molecule has 0 aromatic heterocycles. The van der Waals surface area contributed by atoms with E-state index in [-0.39, 0.29) is 6.04 Å². The van der Waals surface area contributed by atoms with Crippen LogP contribution in [0.15, 0.2) is 66.7 Å². The fourth-order valence-corrected chi connectivity index (χ4v) is 2.63. The summed E-state index contributed by atoms with van der Waals surface area (Å²) in [6.45, 7) is 2.14. The first-order valence-corrected chi connectivity index (χ1v) is 7.03. The van der Waals surface area contributed by atoms with Crippen molar-refractivity contribution in [3.05, 3.63) is 83.4 Å². The Kier molecular flexibility index (Phi) is 3.53. The minimum absolute atomic E-state index is 0.0423. The summed E-state index contributed by atoms with van der Waals surface area (Å²) >= 11 is 0. The van der Waals surface area contributed by atoms with Gasteiger partial charge in [-0.25, -0.2) is 0 Å². The highest BCUT2D eigenvalue weighted by Gasteiger charge is 2.09. The number of benzene rings is 3. The Morgan fingerprint density at radius 1 is 0.850 bits per heavy atom. The van der Waals surface area contributed by atoms with Gasteiger partial charge in [-0.3, -0.25) is 0 Å². The number of rotatable bonds is 3. The summed E-state index contributed by atoms with van der Waals surface area (Å²) in [7, 11) is 0. The molecule has 1 atom stereocenters. The number of hydrogen-bond donors (Lipinski definition) is 1. The predicted octanol–water partition coefficient (Wildman–Crippen LogP) is 4.39. The summed E-state index contributed by atoms with van der Waals surface area (Å²) in [6.07, 6.45) is 0.880. The molecule has 1 heteroatoms. The molecule has 0 amide bonds. The summed E-state index contributed by atoms with van der Waals surface area (Å²) in [5.74, 6) is 0. The third kappa shape index (κ3) is 2.59. The number of hydrogen-bond acceptors (Lipinski definition) is 1. The van der Waals surface area contributed by atoms with Gasteiger partial charge in [0.05, 0.1) is 0 Å². The Hall–Kier alpha value is -2.12. The van der Waals surface area contributed by atoms with E-state index in [0.29, 0.717) is 0 Å². The second kappa shape index (κ2) is 5.48. The lowest BCUT2D eigenvalue weighted by atomic mass is 9.95. The molecule has 100 valence electrons. The molecule has 0 aliphatic carbocycles. The van der Waals surface area contributed by atoms with Crippen LogP contribution < -0.4 is 5.73 Å². The van der Waals surface area contributed by atoms with Gasteiger partial charge in [0, 0.05) is 6.04 Å². The number of aryl methyl sites for hydroxylation is 1. The average molecular weight is 261 g/mol. The standard InChI is InChI=1S/C19H19N/c1-14-6-2-3-8-16(14)13-19(20)18-11-10-15-7-4-5-9-17(15)12-18/h2-12,19H,13,20H2,1H3. The van der Waals surface area contributed by atoms with Gasteiger partial charge in [0.25, 0.3) is 0 Å². The van der Waals surface area contributed by atoms with E-state index in [1.807, 2.05) is 0 Å². The van der Waals surface area contributed by atoms with Gasteiger partial charge in [0.2, 0.25) is 0 Å². The molecule has 3 aromatic carbocycles. The van der Waals surface area contributed by atoms with Gasteiger partial charge >= 0.3 is 0 Å². The van der Waals surface area contributed by atoms with Crippen LogP contribution in [0, 0.1) is 6.92 Å². The molecule has 1 nitrogen and oxygen atoms in total. The Labute approximate surface area is 120 Å². The molecule has 0 radical (unpaired) electrons. The maximum atomic E-state index is 6.39. The molecule has 0 spiro atoms. The van der Waals surface area contributed by atoms with Crippen molar-refractivity contribution in [2.24, 2.45) is 5.73 Å². The van der Waals surface area contributed by atoms with Crippen LogP contribution in [0.1, 0.15) is 22.7 Å². The molecular formula is C19H19N. The first-order chi connectivity index (χ1) is 9.74. The topological polar surface area (TPSA) is 26.0 Å². The highest BCUT2D eigenvalue weighted by Crippen LogP contribution is 2.22. The van der Waals surface area contributed by atoms with Crippen LogP contribution in [0.25, 0.3) is 10.8 Å². The van der Waals surface area contributed by atoms with Crippen molar-refractivity contribution in [3.63, 3.8) is 0 Å². The number of nitrogens with two attached hydrogens (primary N) is 1. The molecule has 0 heterocycles. The van der Waals surface area contributed by atoms with Gasteiger partial charge in [0.1, 0.15) is 0 Å². The second-order valence-corrected chi connectivity index (χ2v) is 5.34. The highest BCUT2D eigenvalue weighted by molar-refractivity contribution is 5.83. The fraction of sp³-hybridized carbons (Fsp3) is 0.158. The van der Waals surface area contributed by atoms with E-state index in [9.17, 15) is 0 Å². The molecule has 1 unspecified atom stereocenters. The second-order valence-electron chi connectivity index (χ2n) is 5.34. The molecule has 3 rings (SSSR count).